The first-order valence-electron chi connectivity index (χ1n) is 6.85. The molecule has 1 heterocycles. The number of methoxy groups -OCH3 is 2. The maximum atomic E-state index is 12.3. The molecule has 1 fully saturated rings. The molecule has 110 valence electrons. The molecule has 1 aromatic carbocycles. The van der Waals surface area contributed by atoms with E-state index in [2.05, 4.69) is 5.32 Å². The molecule has 0 bridgehead atoms. The molecule has 5 nitrogen and oxygen atoms in total. The Kier molecular flexibility index (Phi) is 4.84. The maximum Gasteiger partial charge on any atom is 0.227 e. The zero-order valence-corrected chi connectivity index (χ0v) is 12.4. The molecule has 0 unspecified atom stereocenters. The average Bonchev–Trinajstić information content (AvgIpc) is 2.49. The van der Waals surface area contributed by atoms with Gasteiger partial charge in [0.05, 0.1) is 20.6 Å². The molecule has 1 aliphatic rings. The zero-order chi connectivity index (χ0) is 14.5. The average molecular weight is 278 g/mol. The molecular formula is C15H22N2O3. The van der Waals surface area contributed by atoms with E-state index in [9.17, 15) is 4.79 Å². The third-order valence-electron chi connectivity index (χ3n) is 3.61. The number of carbonyl (C=O) groups is 1. The summed E-state index contributed by atoms with van der Waals surface area (Å²) in [5.74, 6) is 1.66. The van der Waals surface area contributed by atoms with E-state index in [0.29, 0.717) is 6.42 Å². The second-order valence-electron chi connectivity index (χ2n) is 4.94. The van der Waals surface area contributed by atoms with Gasteiger partial charge >= 0.3 is 0 Å². The van der Waals surface area contributed by atoms with Crippen LogP contribution in [0.5, 0.6) is 11.5 Å². The summed E-state index contributed by atoms with van der Waals surface area (Å²) in [6, 6.07) is 3.81. The minimum Gasteiger partial charge on any atom is -0.496 e. The Labute approximate surface area is 119 Å². The minimum absolute atomic E-state index is 0.135. The maximum absolute atomic E-state index is 12.3. The first kappa shape index (κ1) is 14.7. The van der Waals surface area contributed by atoms with Gasteiger partial charge in [-0.1, -0.05) is 0 Å². The molecule has 0 atom stereocenters. The predicted molar refractivity (Wildman–Crippen MR) is 77.4 cm³/mol. The largest absolute Gasteiger partial charge is 0.496 e. The van der Waals surface area contributed by atoms with Gasteiger partial charge in [0.15, 0.2) is 0 Å². The molecule has 0 radical (unpaired) electrons. The Morgan fingerprint density at radius 1 is 1.20 bits per heavy atom. The fourth-order valence-corrected chi connectivity index (χ4v) is 2.44. The van der Waals surface area contributed by atoms with Gasteiger partial charge in [0.25, 0.3) is 0 Å². The third kappa shape index (κ3) is 3.22. The first-order chi connectivity index (χ1) is 9.65. The Bertz CT molecular complexity index is 482. The van der Waals surface area contributed by atoms with Gasteiger partial charge in [0, 0.05) is 31.7 Å². The van der Waals surface area contributed by atoms with E-state index in [1.807, 2.05) is 24.0 Å². The standard InChI is InChI=1S/C15H22N2O3/c1-11-8-14(20-3)12(9-13(11)19-2)10-15(18)17-6-4-16-5-7-17/h8-9,16H,4-7,10H2,1-3H3. The normalized spacial score (nSPS) is 15.1. The van der Waals surface area contributed by atoms with Crippen LogP contribution >= 0.6 is 0 Å². The molecule has 0 spiro atoms. The number of nitrogens with one attached hydrogen (secondary N) is 1. The summed E-state index contributed by atoms with van der Waals surface area (Å²) in [5, 5.41) is 3.24. The third-order valence-corrected chi connectivity index (χ3v) is 3.61. The molecule has 1 aliphatic heterocycles. The smallest absolute Gasteiger partial charge is 0.227 e. The van der Waals surface area contributed by atoms with Crippen molar-refractivity contribution in [3.05, 3.63) is 23.3 Å². The number of benzene rings is 1. The van der Waals surface area contributed by atoms with Gasteiger partial charge in [0.2, 0.25) is 5.91 Å². The minimum atomic E-state index is 0.135. The van der Waals surface area contributed by atoms with Gasteiger partial charge in [-0.05, 0) is 24.6 Å². The Balaban J connectivity index is 2.16. The summed E-state index contributed by atoms with van der Waals surface area (Å²) in [5.41, 5.74) is 1.88. The summed E-state index contributed by atoms with van der Waals surface area (Å²) in [6.07, 6.45) is 0.347. The van der Waals surface area contributed by atoms with E-state index >= 15 is 0 Å². The highest BCUT2D eigenvalue weighted by Crippen LogP contribution is 2.28. The molecule has 1 saturated heterocycles. The SMILES string of the molecule is COc1cc(CC(=O)N2CCNCC2)c(OC)cc1C. The van der Waals surface area contributed by atoms with Gasteiger partial charge < -0.3 is 19.7 Å². The van der Waals surface area contributed by atoms with Crippen molar-refractivity contribution in [1.82, 2.24) is 10.2 Å². The van der Waals surface area contributed by atoms with Crippen LogP contribution in [0.4, 0.5) is 0 Å². The number of ether oxygens (including phenoxy) is 2. The molecule has 20 heavy (non-hydrogen) atoms. The highest BCUT2D eigenvalue weighted by Gasteiger charge is 2.19. The van der Waals surface area contributed by atoms with E-state index in [1.165, 1.54) is 0 Å². The lowest BCUT2D eigenvalue weighted by molar-refractivity contribution is -0.131. The number of piperazine rings is 1. The van der Waals surface area contributed by atoms with Crippen LogP contribution in [-0.4, -0.2) is 51.2 Å². The second-order valence-corrected chi connectivity index (χ2v) is 4.94. The lowest BCUT2D eigenvalue weighted by Crippen LogP contribution is -2.46. The van der Waals surface area contributed by atoms with Gasteiger partial charge in [-0.2, -0.15) is 0 Å². The van der Waals surface area contributed by atoms with Crippen LogP contribution in [0.2, 0.25) is 0 Å². The van der Waals surface area contributed by atoms with E-state index in [4.69, 9.17) is 9.47 Å². The monoisotopic (exact) mass is 278 g/mol. The predicted octanol–water partition coefficient (Wildman–Crippen LogP) is 0.987. The number of amides is 1. The van der Waals surface area contributed by atoms with Crippen LogP contribution in [0.3, 0.4) is 0 Å². The van der Waals surface area contributed by atoms with Gasteiger partial charge in [-0.3, -0.25) is 4.79 Å². The van der Waals surface area contributed by atoms with Gasteiger partial charge in [-0.15, -0.1) is 0 Å². The summed E-state index contributed by atoms with van der Waals surface area (Å²) < 4.78 is 10.7. The molecule has 0 aliphatic carbocycles. The Morgan fingerprint density at radius 2 is 1.85 bits per heavy atom. The van der Waals surface area contributed by atoms with Crippen molar-refractivity contribution in [3.8, 4) is 11.5 Å². The van der Waals surface area contributed by atoms with E-state index in [0.717, 1.165) is 48.8 Å². The number of carbonyl (C=O) groups excluding carboxylic acids is 1. The second kappa shape index (κ2) is 6.61. The number of nitrogens with zero attached hydrogens (tertiary/aromatic N) is 1. The highest BCUT2D eigenvalue weighted by atomic mass is 16.5. The van der Waals surface area contributed by atoms with Crippen molar-refractivity contribution in [3.63, 3.8) is 0 Å². The number of hydrogen-bond acceptors (Lipinski definition) is 4. The van der Waals surface area contributed by atoms with Crippen molar-refractivity contribution in [2.24, 2.45) is 0 Å². The van der Waals surface area contributed by atoms with E-state index in [1.54, 1.807) is 14.2 Å². The number of hydrogen-bond donors (Lipinski definition) is 1. The summed E-state index contributed by atoms with van der Waals surface area (Å²) in [4.78, 5) is 14.2. The summed E-state index contributed by atoms with van der Waals surface area (Å²) >= 11 is 0. The molecule has 2 rings (SSSR count). The highest BCUT2D eigenvalue weighted by molar-refractivity contribution is 5.80. The van der Waals surface area contributed by atoms with Crippen molar-refractivity contribution in [2.75, 3.05) is 40.4 Å². The summed E-state index contributed by atoms with van der Waals surface area (Å²) in [6.45, 7) is 5.22. The van der Waals surface area contributed by atoms with Crippen LogP contribution in [-0.2, 0) is 11.2 Å². The molecule has 1 amide bonds. The van der Waals surface area contributed by atoms with Crippen molar-refractivity contribution < 1.29 is 14.3 Å². The summed E-state index contributed by atoms with van der Waals surface area (Å²) in [7, 11) is 3.26. The fraction of sp³-hybridized carbons (Fsp3) is 0.533. The Morgan fingerprint density at radius 3 is 2.45 bits per heavy atom. The molecule has 1 aromatic rings. The Hall–Kier alpha value is -1.75. The molecular weight excluding hydrogens is 256 g/mol. The fourth-order valence-electron chi connectivity index (χ4n) is 2.44. The number of aryl methyl sites for hydroxylation is 1. The molecule has 1 N–H and O–H groups in total. The molecule has 0 aromatic heterocycles. The quantitative estimate of drug-likeness (QED) is 0.892. The van der Waals surface area contributed by atoms with Crippen LogP contribution in [0.1, 0.15) is 11.1 Å². The van der Waals surface area contributed by atoms with Gasteiger partial charge in [-0.25, -0.2) is 0 Å². The van der Waals surface area contributed by atoms with Crippen molar-refractivity contribution in [2.45, 2.75) is 13.3 Å². The lowest BCUT2D eigenvalue weighted by atomic mass is 10.1. The van der Waals surface area contributed by atoms with Crippen LogP contribution in [0.25, 0.3) is 0 Å². The zero-order valence-electron chi connectivity index (χ0n) is 12.4. The van der Waals surface area contributed by atoms with Crippen molar-refractivity contribution in [1.29, 1.82) is 0 Å². The van der Waals surface area contributed by atoms with Crippen LogP contribution in [0.15, 0.2) is 12.1 Å². The number of rotatable bonds is 4. The molecule has 0 saturated carbocycles. The lowest BCUT2D eigenvalue weighted by Gasteiger charge is -2.27. The first-order valence-corrected chi connectivity index (χ1v) is 6.85. The van der Waals surface area contributed by atoms with E-state index < -0.39 is 0 Å². The van der Waals surface area contributed by atoms with Crippen LogP contribution < -0.4 is 14.8 Å². The van der Waals surface area contributed by atoms with E-state index in [-0.39, 0.29) is 5.91 Å². The van der Waals surface area contributed by atoms with Crippen molar-refractivity contribution >= 4 is 5.91 Å². The van der Waals surface area contributed by atoms with Gasteiger partial charge in [0.1, 0.15) is 11.5 Å². The van der Waals surface area contributed by atoms with Crippen LogP contribution in [0, 0.1) is 6.92 Å². The molecule has 5 heteroatoms. The topological polar surface area (TPSA) is 50.8 Å².